The summed E-state index contributed by atoms with van der Waals surface area (Å²) >= 11 is 0. The highest BCUT2D eigenvalue weighted by molar-refractivity contribution is 7.89. The molecule has 0 atom stereocenters. The van der Waals surface area contributed by atoms with Gasteiger partial charge in [-0.15, -0.1) is 0 Å². The van der Waals surface area contributed by atoms with Gasteiger partial charge >= 0.3 is 0 Å². The largest absolute Gasteiger partial charge is 0.269 e. The van der Waals surface area contributed by atoms with Crippen LogP contribution in [0.15, 0.2) is 59.5 Å². The van der Waals surface area contributed by atoms with E-state index in [1.54, 1.807) is 0 Å². The lowest BCUT2D eigenvalue weighted by Gasteiger charge is -2.33. The van der Waals surface area contributed by atoms with Crippen LogP contribution in [0.25, 0.3) is 0 Å². The Morgan fingerprint density at radius 2 is 1.59 bits per heavy atom. The van der Waals surface area contributed by atoms with Gasteiger partial charge in [0.1, 0.15) is 0 Å². The summed E-state index contributed by atoms with van der Waals surface area (Å²) in [5.74, 6) is 6.25. The van der Waals surface area contributed by atoms with E-state index in [1.165, 1.54) is 24.3 Å². The van der Waals surface area contributed by atoms with E-state index in [1.807, 2.05) is 30.3 Å². The molecule has 7 heteroatoms. The molecule has 0 heterocycles. The molecule has 3 rings (SSSR count). The lowest BCUT2D eigenvalue weighted by molar-refractivity contribution is -0.384. The van der Waals surface area contributed by atoms with Crippen molar-refractivity contribution in [3.05, 3.63) is 70.3 Å². The summed E-state index contributed by atoms with van der Waals surface area (Å²) in [5, 5.41) is 10.8. The molecule has 140 valence electrons. The van der Waals surface area contributed by atoms with E-state index >= 15 is 0 Å². The predicted octanol–water partition coefficient (Wildman–Crippen LogP) is 3.63. The van der Waals surface area contributed by atoms with Crippen molar-refractivity contribution < 1.29 is 13.3 Å². The van der Waals surface area contributed by atoms with Crippen molar-refractivity contribution >= 4 is 15.7 Å². The molecule has 0 radical (unpaired) electrons. The molecule has 1 N–H and O–H groups in total. The van der Waals surface area contributed by atoms with Gasteiger partial charge in [-0.1, -0.05) is 49.3 Å². The zero-order valence-corrected chi connectivity index (χ0v) is 15.5. The number of hydrogen-bond donors (Lipinski definition) is 1. The van der Waals surface area contributed by atoms with Crippen LogP contribution in [0.4, 0.5) is 5.69 Å². The Morgan fingerprint density at radius 1 is 0.963 bits per heavy atom. The molecule has 0 spiro atoms. The highest BCUT2D eigenvalue weighted by Crippen LogP contribution is 2.30. The van der Waals surface area contributed by atoms with Gasteiger partial charge in [0.25, 0.3) is 5.69 Å². The first-order valence-corrected chi connectivity index (χ1v) is 10.3. The normalized spacial score (nSPS) is 16.1. The fraction of sp³-hybridized carbons (Fsp3) is 0.300. The van der Waals surface area contributed by atoms with E-state index in [-0.39, 0.29) is 10.6 Å². The molecule has 2 aromatic rings. The van der Waals surface area contributed by atoms with E-state index in [4.69, 9.17) is 0 Å². The Balaban J connectivity index is 1.89. The molecular formula is C20H20N2O4S. The van der Waals surface area contributed by atoms with Crippen molar-refractivity contribution in [1.29, 1.82) is 0 Å². The van der Waals surface area contributed by atoms with E-state index in [2.05, 4.69) is 16.6 Å². The lowest BCUT2D eigenvalue weighted by atomic mass is 9.83. The third-order valence-corrected chi connectivity index (χ3v) is 6.17. The number of nitro groups is 1. The van der Waals surface area contributed by atoms with Crippen molar-refractivity contribution in [3.8, 4) is 11.8 Å². The third-order valence-electron chi connectivity index (χ3n) is 4.61. The monoisotopic (exact) mass is 384 g/mol. The molecule has 27 heavy (non-hydrogen) atoms. The zero-order chi connectivity index (χ0) is 19.3. The van der Waals surface area contributed by atoms with Crippen LogP contribution in [0.1, 0.15) is 37.7 Å². The Kier molecular flexibility index (Phi) is 5.59. The number of nitro benzene ring substituents is 1. The molecule has 0 amide bonds. The second kappa shape index (κ2) is 7.91. The molecule has 0 aromatic heterocycles. The molecule has 6 nitrogen and oxygen atoms in total. The first kappa shape index (κ1) is 19.1. The minimum atomic E-state index is -3.84. The maximum Gasteiger partial charge on any atom is 0.269 e. The molecule has 0 unspecified atom stereocenters. The van der Waals surface area contributed by atoms with Crippen LogP contribution in [0.2, 0.25) is 0 Å². The van der Waals surface area contributed by atoms with Gasteiger partial charge in [0.2, 0.25) is 10.0 Å². The van der Waals surface area contributed by atoms with Crippen LogP contribution < -0.4 is 4.72 Å². The molecule has 1 saturated carbocycles. The quantitative estimate of drug-likeness (QED) is 0.495. The van der Waals surface area contributed by atoms with Gasteiger partial charge in [0.05, 0.1) is 15.4 Å². The van der Waals surface area contributed by atoms with Crippen molar-refractivity contribution in [1.82, 2.24) is 4.72 Å². The molecule has 2 aromatic carbocycles. The van der Waals surface area contributed by atoms with E-state index in [0.717, 1.165) is 24.8 Å². The van der Waals surface area contributed by atoms with Gasteiger partial charge in [-0.3, -0.25) is 10.1 Å². The molecule has 1 aliphatic carbocycles. The summed E-state index contributed by atoms with van der Waals surface area (Å²) in [6, 6.07) is 14.3. The number of rotatable bonds is 4. The first-order valence-electron chi connectivity index (χ1n) is 8.77. The summed E-state index contributed by atoms with van der Waals surface area (Å²) in [5.41, 5.74) is -0.142. The van der Waals surface area contributed by atoms with Gasteiger partial charge in [-0.05, 0) is 37.1 Å². The van der Waals surface area contributed by atoms with Gasteiger partial charge < -0.3 is 0 Å². The standard InChI is InChI=1S/C20H20N2O4S/c23-22(24)18-9-11-19(12-10-18)27(25,26)21-20(14-5-2-6-15-20)16-13-17-7-3-1-4-8-17/h1,3-4,7-12,21H,2,5-6,14-15H2. The van der Waals surface area contributed by atoms with Gasteiger partial charge in [-0.25, -0.2) is 8.42 Å². The molecule has 1 fully saturated rings. The summed E-state index contributed by atoms with van der Waals surface area (Å²) in [6.45, 7) is 0. The van der Waals surface area contributed by atoms with E-state index in [9.17, 15) is 18.5 Å². The maximum absolute atomic E-state index is 12.8. The summed E-state index contributed by atoms with van der Waals surface area (Å²) in [7, 11) is -3.84. The van der Waals surface area contributed by atoms with E-state index in [0.29, 0.717) is 12.8 Å². The van der Waals surface area contributed by atoms with Crippen LogP contribution >= 0.6 is 0 Å². The van der Waals surface area contributed by atoms with Crippen molar-refractivity contribution in [2.24, 2.45) is 0 Å². The highest BCUT2D eigenvalue weighted by Gasteiger charge is 2.35. The number of benzene rings is 2. The molecular weight excluding hydrogens is 364 g/mol. The number of hydrogen-bond acceptors (Lipinski definition) is 4. The van der Waals surface area contributed by atoms with Gasteiger partial charge in [0.15, 0.2) is 0 Å². The number of non-ortho nitro benzene ring substituents is 1. The Morgan fingerprint density at radius 3 is 2.19 bits per heavy atom. The zero-order valence-electron chi connectivity index (χ0n) is 14.7. The second-order valence-corrected chi connectivity index (χ2v) is 8.30. The summed E-state index contributed by atoms with van der Waals surface area (Å²) in [4.78, 5) is 10.2. The smallest absolute Gasteiger partial charge is 0.258 e. The minimum Gasteiger partial charge on any atom is -0.258 e. The van der Waals surface area contributed by atoms with Crippen molar-refractivity contribution in [2.75, 3.05) is 0 Å². The number of nitrogens with one attached hydrogen (secondary N) is 1. The fourth-order valence-corrected chi connectivity index (χ4v) is 4.57. The summed E-state index contributed by atoms with van der Waals surface area (Å²) in [6.07, 6.45) is 4.12. The van der Waals surface area contributed by atoms with Gasteiger partial charge in [-0.2, -0.15) is 4.72 Å². The maximum atomic E-state index is 12.8. The van der Waals surface area contributed by atoms with Crippen LogP contribution in [0, 0.1) is 22.0 Å². The van der Waals surface area contributed by atoms with Crippen LogP contribution in [0.5, 0.6) is 0 Å². The van der Waals surface area contributed by atoms with Crippen LogP contribution in [-0.4, -0.2) is 18.9 Å². The van der Waals surface area contributed by atoms with E-state index < -0.39 is 20.5 Å². The minimum absolute atomic E-state index is 0.000408. The lowest BCUT2D eigenvalue weighted by Crippen LogP contribution is -2.48. The van der Waals surface area contributed by atoms with Crippen molar-refractivity contribution in [3.63, 3.8) is 0 Å². The van der Waals surface area contributed by atoms with Crippen LogP contribution in [-0.2, 0) is 10.0 Å². The SMILES string of the molecule is O=[N+]([O-])c1ccc(S(=O)(=O)NC2(C#Cc3ccccc3)CCCCC2)cc1. The first-order chi connectivity index (χ1) is 12.9. The average Bonchev–Trinajstić information content (AvgIpc) is 2.68. The molecule has 1 aliphatic rings. The second-order valence-electron chi connectivity index (χ2n) is 6.62. The molecule has 0 aliphatic heterocycles. The topological polar surface area (TPSA) is 89.3 Å². The predicted molar refractivity (Wildman–Crippen MR) is 103 cm³/mol. The molecule has 0 saturated heterocycles. The van der Waals surface area contributed by atoms with Gasteiger partial charge in [0, 0.05) is 17.7 Å². The van der Waals surface area contributed by atoms with Crippen molar-refractivity contribution in [2.45, 2.75) is 42.5 Å². The highest BCUT2D eigenvalue weighted by atomic mass is 32.2. The Hall–Kier alpha value is -2.69. The Labute approximate surface area is 158 Å². The third kappa shape index (κ3) is 4.73. The van der Waals surface area contributed by atoms with Crippen LogP contribution in [0.3, 0.4) is 0 Å². The number of nitrogens with zero attached hydrogens (tertiary/aromatic N) is 1. The average molecular weight is 384 g/mol. The Bertz CT molecular complexity index is 968. The summed E-state index contributed by atoms with van der Waals surface area (Å²) < 4.78 is 28.5. The number of sulfonamides is 1. The fourth-order valence-electron chi connectivity index (χ4n) is 3.18. The molecule has 0 bridgehead atoms.